The Labute approximate surface area is 301 Å². The largest absolute Gasteiger partial charge is 1.00 e. The molecule has 6 rings (SSSR count). The molecule has 0 saturated carbocycles. The molecule has 50 heavy (non-hydrogen) atoms. The van der Waals surface area contributed by atoms with Crippen LogP contribution in [0, 0.1) is 15.3 Å². The molecule has 3 heterocycles. The molecule has 0 aliphatic rings. The maximum atomic E-state index is 9.51. The second-order valence-corrected chi connectivity index (χ2v) is 9.38. The molecule has 0 bridgehead atoms. The van der Waals surface area contributed by atoms with Gasteiger partial charge in [0.2, 0.25) is 17.2 Å². The first kappa shape index (κ1) is 39.8. The number of aromatic amines is 2. The van der Waals surface area contributed by atoms with Crippen LogP contribution >= 0.6 is 0 Å². The maximum Gasteiger partial charge on any atom is 1.00 e. The van der Waals surface area contributed by atoms with Gasteiger partial charge in [-0.2, -0.15) is 0 Å². The average molecular weight is 774 g/mol. The van der Waals surface area contributed by atoms with Gasteiger partial charge in [0, 0.05) is 60.4 Å². The molecular weight excluding hydrogens is 740 g/mol. The number of phenolic OH excluding ortho intramolecular Hbond substituents is 3. The minimum absolute atomic E-state index is 0. The summed E-state index contributed by atoms with van der Waals surface area (Å²) in [5.74, 6) is 1.36. The zero-order valence-corrected chi connectivity index (χ0v) is 27.7. The van der Waals surface area contributed by atoms with E-state index < -0.39 is 5.09 Å². The number of hydrogen-bond donors (Lipinski definition) is 6. The Morgan fingerprint density at radius 1 is 0.600 bits per heavy atom. The van der Waals surface area contributed by atoms with Crippen molar-refractivity contribution >= 4 is 5.95 Å². The summed E-state index contributed by atoms with van der Waals surface area (Å²) in [6, 6.07) is 26.8. The molecule has 0 radical (unpaired) electrons. The van der Waals surface area contributed by atoms with Crippen molar-refractivity contribution in [1.82, 2.24) is 29.9 Å². The van der Waals surface area contributed by atoms with Crippen molar-refractivity contribution in [3.05, 3.63) is 171 Å². The number of para-hydroxylation sites is 3. The summed E-state index contributed by atoms with van der Waals surface area (Å²) in [7, 11) is 0. The molecule has 3 aromatic heterocycles. The van der Waals surface area contributed by atoms with Crippen LogP contribution in [0.3, 0.4) is 0 Å². The molecule has 0 spiro atoms. The van der Waals surface area contributed by atoms with Crippen LogP contribution in [-0.4, -0.2) is 50.3 Å². The minimum Gasteiger partial charge on any atom is -0.508 e. The fourth-order valence-corrected chi connectivity index (χ4v) is 3.64. The van der Waals surface area contributed by atoms with E-state index in [4.69, 9.17) is 15.3 Å². The molecule has 6 N–H and O–H groups in total. The predicted molar refractivity (Wildman–Crippen MR) is 180 cm³/mol. The van der Waals surface area contributed by atoms with Gasteiger partial charge in [0.15, 0.2) is 0 Å². The predicted octanol–water partition coefficient (Wildman–Crippen LogP) is 3.99. The summed E-state index contributed by atoms with van der Waals surface area (Å²) in [5, 5.41) is 46.3. The van der Waals surface area contributed by atoms with Crippen molar-refractivity contribution in [2.45, 2.75) is 19.6 Å². The second-order valence-electron chi connectivity index (χ2n) is 9.38. The molecule has 0 aliphatic carbocycles. The van der Waals surface area contributed by atoms with Crippen LogP contribution in [0.25, 0.3) is 0 Å². The van der Waals surface area contributed by atoms with Crippen molar-refractivity contribution in [2.75, 3.05) is 5.32 Å². The summed E-state index contributed by atoms with van der Waals surface area (Å²) in [5.41, 5.74) is 3.51. The van der Waals surface area contributed by atoms with E-state index in [9.17, 15) is 15.3 Å². The summed E-state index contributed by atoms with van der Waals surface area (Å²) in [4.78, 5) is 38.5. The van der Waals surface area contributed by atoms with E-state index in [1.165, 1.54) is 0 Å². The average Bonchev–Trinajstić information content (AvgIpc) is 3.12. The Bertz CT molecular complexity index is 1860. The van der Waals surface area contributed by atoms with Crippen molar-refractivity contribution in [3.63, 3.8) is 0 Å². The summed E-state index contributed by atoms with van der Waals surface area (Å²) < 4.78 is 0. The molecule has 6 aromatic rings. The summed E-state index contributed by atoms with van der Waals surface area (Å²) in [6.45, 7) is 1.34. The molecule has 0 fully saturated rings. The zero-order chi connectivity index (χ0) is 35.1. The van der Waals surface area contributed by atoms with Gasteiger partial charge in [0.25, 0.3) is 0 Å². The van der Waals surface area contributed by atoms with Gasteiger partial charge >= 0.3 is 22.4 Å². The molecule has 0 saturated heterocycles. The fourth-order valence-electron chi connectivity index (χ4n) is 3.64. The first-order valence-electron chi connectivity index (χ1n) is 14.4. The third kappa shape index (κ3) is 16.0. The second kappa shape index (κ2) is 23.0. The Balaban J connectivity index is 0.000000244. The van der Waals surface area contributed by atoms with Crippen LogP contribution < -0.4 is 16.6 Å². The van der Waals surface area contributed by atoms with E-state index in [-0.39, 0.29) is 39.6 Å². The number of aromatic hydroxyl groups is 3. The van der Waals surface area contributed by atoms with Gasteiger partial charge in [0.05, 0.1) is 18.2 Å². The Kier molecular flexibility index (Phi) is 18.4. The van der Waals surface area contributed by atoms with Crippen LogP contribution in [0.5, 0.6) is 17.2 Å². The smallest absolute Gasteiger partial charge is 0.508 e. The minimum atomic E-state index is -1.75. The van der Waals surface area contributed by atoms with Crippen molar-refractivity contribution in [1.29, 1.82) is 0 Å². The quantitative estimate of drug-likeness (QED) is 0.0769. The van der Waals surface area contributed by atoms with E-state index in [2.05, 4.69) is 45.2 Å². The molecule has 0 amide bonds. The summed E-state index contributed by atoms with van der Waals surface area (Å²) >= 11 is 0. The Hall–Kier alpha value is -6.36. The maximum absolute atomic E-state index is 9.51. The van der Waals surface area contributed by atoms with Crippen LogP contribution in [0.1, 0.15) is 16.7 Å². The standard InChI is InChI=1S/3C11H11N3O.Ag.NO3/c3*15-10-5-2-1-4-9(10)8-14-11-12-6-3-7-13-11;;2-1(3)4/h3*1-7,15H,8H2,(H,12,13,14);;/q;;;+1;-1. The third-order valence-corrected chi connectivity index (χ3v) is 5.96. The molecule has 0 unspecified atom stereocenters. The van der Waals surface area contributed by atoms with Crippen LogP contribution in [-0.2, 0) is 42.0 Å². The van der Waals surface area contributed by atoms with Crippen molar-refractivity contribution in [2.24, 2.45) is 9.98 Å². The molecule has 16 nitrogen and oxygen atoms in total. The third-order valence-electron chi connectivity index (χ3n) is 5.96. The topological polar surface area (TPSA) is 247 Å². The number of phenols is 3. The van der Waals surface area contributed by atoms with Crippen LogP contribution in [0.2, 0.25) is 0 Å². The van der Waals surface area contributed by atoms with Gasteiger partial charge in [-0.05, 0) is 36.4 Å². The van der Waals surface area contributed by atoms with E-state index >= 15 is 0 Å². The number of anilines is 1. The van der Waals surface area contributed by atoms with Crippen molar-refractivity contribution in [3.8, 4) is 17.2 Å². The van der Waals surface area contributed by atoms with Gasteiger partial charge in [-0.3, -0.25) is 0 Å². The fraction of sp³-hybridized carbons (Fsp3) is 0.0909. The van der Waals surface area contributed by atoms with Gasteiger partial charge in [-0.15, -0.1) is 0 Å². The molecule has 262 valence electrons. The number of nitrogens with one attached hydrogen (secondary N) is 3. The van der Waals surface area contributed by atoms with Crippen LogP contribution in [0.4, 0.5) is 5.95 Å². The van der Waals surface area contributed by atoms with E-state index in [0.717, 1.165) is 16.7 Å². The van der Waals surface area contributed by atoms with E-state index in [1.807, 2.05) is 36.4 Å². The Morgan fingerprint density at radius 3 is 1.36 bits per heavy atom. The van der Waals surface area contributed by atoms with Gasteiger partial charge in [0.1, 0.15) is 17.2 Å². The van der Waals surface area contributed by atoms with Crippen LogP contribution in [0.15, 0.2) is 138 Å². The first-order valence-corrected chi connectivity index (χ1v) is 14.4. The first-order chi connectivity index (χ1) is 23.8. The normalized spacial score (nSPS) is 10.4. The number of benzene rings is 3. The SMILES string of the molecule is O=[N+]([O-])[O-].Oc1ccccc1CN=c1nccc[nH]1.Oc1ccccc1CN=c1nccc[nH]1.Oc1ccccc1CNc1ncccn1.[Ag+]. The summed E-state index contributed by atoms with van der Waals surface area (Å²) in [6.07, 6.45) is 10.2. The van der Waals surface area contributed by atoms with Gasteiger partial charge in [-0.25, -0.2) is 29.9 Å². The molecule has 17 heteroatoms. The van der Waals surface area contributed by atoms with E-state index in [0.29, 0.717) is 36.8 Å². The zero-order valence-electron chi connectivity index (χ0n) is 26.2. The van der Waals surface area contributed by atoms with Gasteiger partial charge < -0.3 is 45.9 Å². The van der Waals surface area contributed by atoms with Gasteiger partial charge in [-0.1, -0.05) is 54.6 Å². The molecule has 0 atom stereocenters. The molecule has 0 aliphatic heterocycles. The van der Waals surface area contributed by atoms with E-state index in [1.54, 1.807) is 91.8 Å². The number of hydrogen-bond acceptors (Lipinski definition) is 13. The number of nitrogens with zero attached hydrogens (tertiary/aromatic N) is 7. The number of H-pyrrole nitrogens is 2. The Morgan fingerprint density at radius 2 is 0.980 bits per heavy atom. The molecular formula is C33H33AgN10O6. The number of aromatic nitrogens is 6. The molecule has 3 aromatic carbocycles. The monoisotopic (exact) mass is 772 g/mol. The number of rotatable bonds is 7. The van der Waals surface area contributed by atoms with Crippen molar-refractivity contribution < 1.29 is 42.8 Å².